The number of rotatable bonds is 2. The van der Waals surface area contributed by atoms with Crippen LogP contribution in [-0.4, -0.2) is 85.9 Å². The molecule has 19 nitrogen and oxygen atoms in total. The quantitative estimate of drug-likeness (QED) is 0.0711. The third kappa shape index (κ3) is 14.1. The van der Waals surface area contributed by atoms with Crippen LogP contribution in [0.25, 0.3) is 55.2 Å². The van der Waals surface area contributed by atoms with Crippen LogP contribution in [0, 0.1) is 3.57 Å². The van der Waals surface area contributed by atoms with Crippen LogP contribution in [-0.2, 0) is 30.9 Å². The normalized spacial score (nSPS) is 12.2. The van der Waals surface area contributed by atoms with Crippen molar-refractivity contribution in [3.05, 3.63) is 94.7 Å². The van der Waals surface area contributed by atoms with Gasteiger partial charge in [0.1, 0.15) is 16.6 Å². The molecular weight excluding hydrogens is 1560 g/mol. The van der Waals surface area contributed by atoms with Crippen LogP contribution < -0.4 is 10.9 Å². The van der Waals surface area contributed by atoms with E-state index >= 15 is 0 Å². The van der Waals surface area contributed by atoms with Crippen LogP contribution in [0.15, 0.2) is 71.4 Å². The van der Waals surface area contributed by atoms with Gasteiger partial charge in [-0.3, -0.25) is 0 Å². The molecule has 5 aromatic heterocycles. The first-order valence-corrected chi connectivity index (χ1v) is 24.5. The molecule has 5 heterocycles. The number of halogens is 23. The fourth-order valence-electron chi connectivity index (χ4n) is 6.00. The van der Waals surface area contributed by atoms with Gasteiger partial charge in [0.25, 0.3) is 0 Å². The molecule has 0 aliphatic carbocycles. The van der Waals surface area contributed by atoms with Crippen LogP contribution in [0.4, 0.5) is 65.9 Å². The van der Waals surface area contributed by atoms with Crippen molar-refractivity contribution in [1.82, 2.24) is 51.6 Å². The largest absolute Gasteiger partial charge is 0.491 e. The number of alkyl halides is 15. The summed E-state index contributed by atoms with van der Waals surface area (Å²) in [5, 5.41) is 68.2. The lowest BCUT2D eigenvalue weighted by Gasteiger charge is -2.14. The molecule has 0 aliphatic heterocycles. The molecule has 420 valence electrons. The molecule has 5 aromatic carbocycles. The molecule has 0 saturated heterocycles. The number of hydrogen-bond donors (Lipinski definition) is 4. The summed E-state index contributed by atoms with van der Waals surface area (Å²) in [7, 11) is -4.73. The summed E-state index contributed by atoms with van der Waals surface area (Å²) in [6.07, 6.45) is -22.9. The minimum absolute atomic E-state index is 0.00895. The molecule has 0 aliphatic rings. The van der Waals surface area contributed by atoms with Crippen LogP contribution in [0.1, 0.15) is 27.8 Å². The minimum Gasteiger partial charge on any atom is -0.423 e. The van der Waals surface area contributed by atoms with Gasteiger partial charge in [0.15, 0.2) is 38.6 Å². The van der Waals surface area contributed by atoms with E-state index in [1.807, 2.05) is 0 Å². The number of hydrogen-bond acceptors (Lipinski definition) is 19. The van der Waals surface area contributed by atoms with Gasteiger partial charge >= 0.3 is 45.1 Å². The van der Waals surface area contributed by atoms with Crippen molar-refractivity contribution in [2.75, 3.05) is 0 Å². The summed E-state index contributed by atoms with van der Waals surface area (Å²) in [5.41, 5.74) is -7.10. The predicted molar refractivity (Wildman–Crippen MR) is 262 cm³/mol. The molecule has 79 heavy (non-hydrogen) atoms. The molecule has 0 unspecified atom stereocenters. The highest BCUT2D eigenvalue weighted by Crippen LogP contribution is 2.44. The standard InChI is InChI=1S/C7H5B2F3N2O5.C7HBr2F3N2O.C7HBrClF3N2O.C7HBrF3IN2O.C7HCl2F3N2O/c10-7(11,12)2-1-3(8(15)16)5-6(14-19-13-5)4(2)9(17)18;2*8-3-1-2(7(10,11)12)4(9)6-5(3)13-15-14-6;8-3-1-2(7(9,10)11)4(12)6-5(3)13-15-14-6;8-3-1-2(7(10,11)12)4(9)6-5(3)13-15-14-6/h1,15-18H;4*1H. The Morgan fingerprint density at radius 2 is 0.709 bits per heavy atom. The van der Waals surface area contributed by atoms with Gasteiger partial charge in [-0.2, -0.15) is 65.9 Å². The second-order valence-corrected chi connectivity index (χ2v) is 19.9. The van der Waals surface area contributed by atoms with Crippen LogP contribution in [0.5, 0.6) is 0 Å². The lowest BCUT2D eigenvalue weighted by Crippen LogP contribution is -2.41. The monoisotopic (exact) mass is 1570 g/mol. The maximum atomic E-state index is 12.8. The highest BCUT2D eigenvalue weighted by Gasteiger charge is 2.42. The van der Waals surface area contributed by atoms with Crippen molar-refractivity contribution in [3.8, 4) is 0 Å². The van der Waals surface area contributed by atoms with Gasteiger partial charge in [0.05, 0.1) is 50.9 Å². The topological polar surface area (TPSA) is 276 Å². The molecule has 0 fully saturated rings. The maximum absolute atomic E-state index is 12.8. The fraction of sp³-hybridized carbons (Fsp3) is 0.143. The molecule has 44 heteroatoms. The molecule has 0 spiro atoms. The molecular formula is C35H9B2Br4Cl3F15IN10O9. The maximum Gasteiger partial charge on any atom is 0.491 e. The zero-order valence-electron chi connectivity index (χ0n) is 36.0. The van der Waals surface area contributed by atoms with Gasteiger partial charge in [0, 0.05) is 24.3 Å². The smallest absolute Gasteiger partial charge is 0.423 e. The molecule has 10 aromatic rings. The Bertz CT molecular complexity index is 3480. The number of fused-ring (bicyclic) bond motifs is 5. The average molecular weight is 1570 g/mol. The third-order valence-electron chi connectivity index (χ3n) is 9.39. The predicted octanol–water partition coefficient (Wildman–Crippen LogP) is 12.2. The van der Waals surface area contributed by atoms with Crippen molar-refractivity contribution in [1.29, 1.82) is 0 Å². The molecule has 0 bridgehead atoms. The van der Waals surface area contributed by atoms with E-state index in [-0.39, 0.29) is 70.6 Å². The van der Waals surface area contributed by atoms with Gasteiger partial charge in [-0.25, -0.2) is 23.1 Å². The average Bonchev–Trinajstić information content (AvgIpc) is 4.20. The summed E-state index contributed by atoms with van der Waals surface area (Å²) < 4.78 is 210. The molecule has 0 radical (unpaired) electrons. The molecule has 0 atom stereocenters. The van der Waals surface area contributed by atoms with E-state index in [1.165, 1.54) is 0 Å². The first kappa shape index (κ1) is 63.7. The highest BCUT2D eigenvalue weighted by atomic mass is 127. The first-order valence-electron chi connectivity index (χ1n) is 19.2. The van der Waals surface area contributed by atoms with E-state index in [4.69, 9.17) is 54.9 Å². The Hall–Kier alpha value is -4.46. The Morgan fingerprint density at radius 3 is 1.15 bits per heavy atom. The Kier molecular flexibility index (Phi) is 19.5. The summed E-state index contributed by atoms with van der Waals surface area (Å²) in [6, 6.07) is 3.78. The number of nitrogens with zero attached hydrogens (tertiary/aromatic N) is 10. The zero-order valence-corrected chi connectivity index (χ0v) is 46.8. The Morgan fingerprint density at radius 1 is 0.380 bits per heavy atom. The van der Waals surface area contributed by atoms with Gasteiger partial charge in [-0.05, 0) is 158 Å². The highest BCUT2D eigenvalue weighted by molar-refractivity contribution is 14.1. The van der Waals surface area contributed by atoms with Crippen molar-refractivity contribution >= 4 is 201 Å². The summed E-state index contributed by atoms with van der Waals surface area (Å²) in [6.45, 7) is 0. The van der Waals surface area contributed by atoms with Crippen LogP contribution >= 0.6 is 121 Å². The molecule has 10 rings (SSSR count). The van der Waals surface area contributed by atoms with Crippen molar-refractivity contribution in [2.45, 2.75) is 30.9 Å². The first-order chi connectivity index (χ1) is 36.4. The van der Waals surface area contributed by atoms with E-state index in [0.717, 1.165) is 18.2 Å². The van der Waals surface area contributed by atoms with Gasteiger partial charge < -0.3 is 20.1 Å². The summed E-state index contributed by atoms with van der Waals surface area (Å²) >= 11 is 29.9. The van der Waals surface area contributed by atoms with Gasteiger partial charge in [0.2, 0.25) is 0 Å². The van der Waals surface area contributed by atoms with Crippen LogP contribution in [0.2, 0.25) is 15.1 Å². The summed E-state index contributed by atoms with van der Waals surface area (Å²) in [4.78, 5) is 0. The Labute approximate surface area is 484 Å². The van der Waals surface area contributed by atoms with E-state index in [1.54, 1.807) is 22.6 Å². The second-order valence-electron chi connectivity index (χ2n) is 14.4. The fourth-order valence-corrected chi connectivity index (χ4v) is 9.69. The summed E-state index contributed by atoms with van der Waals surface area (Å²) in [5.74, 6) is 0. The van der Waals surface area contributed by atoms with E-state index in [2.05, 4.69) is 138 Å². The van der Waals surface area contributed by atoms with E-state index in [9.17, 15) is 65.9 Å². The minimum atomic E-state index is -4.95. The third-order valence-corrected chi connectivity index (χ3v) is 14.2. The number of benzene rings is 5. The van der Waals surface area contributed by atoms with E-state index in [0.29, 0.717) is 12.1 Å². The van der Waals surface area contributed by atoms with Gasteiger partial charge in [-0.15, -0.1) is 0 Å². The van der Waals surface area contributed by atoms with E-state index < -0.39 is 105 Å². The SMILES string of the molecule is FC(F)(F)c1cc(Br)c2nonc2c1Br.FC(F)(F)c1cc(Br)c2nonc2c1Cl.FC(F)(F)c1cc(Br)c2nonc2c1I.FC(F)(F)c1cc(Cl)c2nonc2c1Cl.OB(O)c1cc(C(F)(F)F)c(B(O)O)c2nonc12. The second kappa shape index (κ2) is 24.2. The molecule has 4 N–H and O–H groups in total. The zero-order chi connectivity index (χ0) is 59.2. The van der Waals surface area contributed by atoms with Crippen LogP contribution in [0.3, 0.4) is 0 Å². The van der Waals surface area contributed by atoms with Crippen molar-refractivity contribution in [2.24, 2.45) is 0 Å². The van der Waals surface area contributed by atoms with Crippen molar-refractivity contribution < 1.29 is 109 Å². The lowest BCUT2D eigenvalue weighted by molar-refractivity contribution is -0.139. The number of aromatic nitrogens is 10. The molecule has 0 amide bonds. The lowest BCUT2D eigenvalue weighted by atomic mass is 9.70. The molecule has 0 saturated carbocycles. The van der Waals surface area contributed by atoms with Gasteiger partial charge in [-0.1, -0.05) is 45.1 Å². The Balaban J connectivity index is 0.000000160. The van der Waals surface area contributed by atoms with Crippen molar-refractivity contribution in [3.63, 3.8) is 0 Å².